The number of fused-ring (bicyclic) bond motifs is 1. The van der Waals surface area contributed by atoms with Gasteiger partial charge in [-0.05, 0) is 72.3 Å². The number of carbonyl (C=O) groups excluding carboxylic acids is 2. The molecule has 9 nitrogen and oxygen atoms in total. The lowest BCUT2D eigenvalue weighted by atomic mass is 10.0. The lowest BCUT2D eigenvalue weighted by molar-refractivity contribution is -0.114. The Morgan fingerprint density at radius 3 is 2.16 bits per heavy atom. The highest BCUT2D eigenvalue weighted by Gasteiger charge is 2.13. The van der Waals surface area contributed by atoms with Crippen molar-refractivity contribution >= 4 is 39.5 Å². The molecule has 2 aromatic heterocycles. The molecule has 0 radical (unpaired) electrons. The van der Waals surface area contributed by atoms with Crippen molar-refractivity contribution in [2.75, 3.05) is 49.3 Å². The quantitative estimate of drug-likeness (QED) is 0.149. The lowest BCUT2D eigenvalue weighted by Crippen LogP contribution is -2.30. The van der Waals surface area contributed by atoms with Crippen LogP contribution in [-0.4, -0.2) is 60.4 Å². The number of rotatable bonds is 14. The van der Waals surface area contributed by atoms with Gasteiger partial charge in [-0.2, -0.15) is 0 Å². The maximum atomic E-state index is 12.9. The summed E-state index contributed by atoms with van der Waals surface area (Å²) in [5.41, 5.74) is 5.08. The highest BCUT2D eigenvalue weighted by atomic mass is 16.5. The summed E-state index contributed by atoms with van der Waals surface area (Å²) < 4.78 is 5.65. The lowest BCUT2D eigenvalue weighted by Gasteiger charge is -2.22. The van der Waals surface area contributed by atoms with Crippen LogP contribution in [0.2, 0.25) is 0 Å². The predicted molar refractivity (Wildman–Crippen MR) is 180 cm³/mol. The predicted octanol–water partition coefficient (Wildman–Crippen LogP) is 6.03. The number of nitrogens with one attached hydrogen (secondary N) is 2. The van der Waals surface area contributed by atoms with E-state index in [1.54, 1.807) is 14.0 Å². The van der Waals surface area contributed by atoms with Crippen molar-refractivity contribution < 1.29 is 14.3 Å². The molecule has 1 amide bonds. The average Bonchev–Trinajstić information content (AvgIpc) is 3.05. The number of benzene rings is 3. The second-order valence-corrected chi connectivity index (χ2v) is 10.9. The topological polar surface area (TPSA) is 99.7 Å². The Kier molecular flexibility index (Phi) is 10.3. The minimum atomic E-state index is -0.146. The molecule has 0 spiro atoms. The first-order valence-corrected chi connectivity index (χ1v) is 14.9. The molecule has 0 aliphatic carbocycles. The van der Waals surface area contributed by atoms with E-state index >= 15 is 0 Å². The minimum Gasteiger partial charge on any atom is -0.495 e. The molecular formula is C36H38N6O3. The minimum absolute atomic E-state index is 0.0371. The molecule has 2 heterocycles. The van der Waals surface area contributed by atoms with Gasteiger partial charge in [-0.3, -0.25) is 24.5 Å². The number of hydrogen-bond acceptors (Lipinski definition) is 8. The molecule has 5 aromatic rings. The van der Waals surface area contributed by atoms with E-state index in [0.29, 0.717) is 36.6 Å². The molecule has 0 fully saturated rings. The van der Waals surface area contributed by atoms with Gasteiger partial charge in [0.2, 0.25) is 5.91 Å². The zero-order valence-corrected chi connectivity index (χ0v) is 25.9. The summed E-state index contributed by atoms with van der Waals surface area (Å²) in [6.07, 6.45) is 3.62. The monoisotopic (exact) mass is 602 g/mol. The first-order valence-electron chi connectivity index (χ1n) is 14.9. The number of carbonyl (C=O) groups is 2. The van der Waals surface area contributed by atoms with Crippen LogP contribution in [0.15, 0.2) is 103 Å². The highest BCUT2D eigenvalue weighted by Crippen LogP contribution is 2.28. The summed E-state index contributed by atoms with van der Waals surface area (Å²) in [5, 5.41) is 8.45. The van der Waals surface area contributed by atoms with E-state index in [1.807, 2.05) is 115 Å². The molecule has 5 rings (SSSR count). The fraction of sp³-hybridized carbons (Fsp3) is 0.222. The Labute approximate surface area is 263 Å². The van der Waals surface area contributed by atoms with Gasteiger partial charge in [0.25, 0.3) is 0 Å². The number of ketones is 1. The van der Waals surface area contributed by atoms with Gasteiger partial charge in [0.15, 0.2) is 5.78 Å². The van der Waals surface area contributed by atoms with Crippen molar-refractivity contribution in [1.29, 1.82) is 0 Å². The zero-order chi connectivity index (χ0) is 31.6. The van der Waals surface area contributed by atoms with Crippen LogP contribution in [0.5, 0.6) is 5.75 Å². The van der Waals surface area contributed by atoms with Crippen LogP contribution in [-0.2, 0) is 17.9 Å². The third kappa shape index (κ3) is 8.64. The van der Waals surface area contributed by atoms with E-state index in [4.69, 9.17) is 4.74 Å². The van der Waals surface area contributed by atoms with Crippen molar-refractivity contribution in [3.63, 3.8) is 0 Å². The molecule has 0 aliphatic heterocycles. The van der Waals surface area contributed by atoms with Crippen molar-refractivity contribution in [3.8, 4) is 5.75 Å². The number of hydrogen-bond donors (Lipinski definition) is 2. The summed E-state index contributed by atoms with van der Waals surface area (Å²) in [5.74, 6) is 0.531. The fourth-order valence-electron chi connectivity index (χ4n) is 5.12. The molecule has 9 heteroatoms. The first kappa shape index (κ1) is 31.2. The smallest absolute Gasteiger partial charge is 0.243 e. The van der Waals surface area contributed by atoms with Crippen LogP contribution >= 0.6 is 0 Å². The molecule has 3 aromatic carbocycles. The molecule has 0 saturated carbocycles. The van der Waals surface area contributed by atoms with Gasteiger partial charge < -0.3 is 20.3 Å². The molecule has 2 N–H and O–H groups in total. The number of amides is 1. The number of likely N-dealkylation sites (N-methyl/N-ethyl adjacent to an activating group) is 1. The van der Waals surface area contributed by atoms with E-state index in [0.717, 1.165) is 40.1 Å². The molecule has 45 heavy (non-hydrogen) atoms. The first-order chi connectivity index (χ1) is 21.9. The van der Waals surface area contributed by atoms with E-state index in [1.165, 1.54) is 0 Å². The van der Waals surface area contributed by atoms with Gasteiger partial charge in [0.05, 0.1) is 30.7 Å². The molecule has 230 valence electrons. The van der Waals surface area contributed by atoms with Gasteiger partial charge in [0.1, 0.15) is 5.75 Å². The third-order valence-corrected chi connectivity index (χ3v) is 7.50. The third-order valence-electron chi connectivity index (χ3n) is 7.50. The standard InChI is InChI=1S/C36H38N6O3/c1-26(43)27-10-11-29-21-33(14-12-28(29)20-27)41(2)25-36(44)40-30-13-15-34(35(22-30)45-3)39-18-19-42(23-31-8-4-6-16-37-31)24-32-9-5-7-17-38-32/h4-17,20-22,39H,18-19,23-25H2,1-3H3,(H,40,44). The van der Waals surface area contributed by atoms with Gasteiger partial charge in [0, 0.05) is 68.6 Å². The highest BCUT2D eigenvalue weighted by molar-refractivity contribution is 5.99. The van der Waals surface area contributed by atoms with Crippen LogP contribution in [0.25, 0.3) is 10.8 Å². The van der Waals surface area contributed by atoms with Gasteiger partial charge in [-0.15, -0.1) is 0 Å². The SMILES string of the molecule is COc1cc(NC(=O)CN(C)c2ccc3cc(C(C)=O)ccc3c2)ccc1NCCN(Cc1ccccn1)Cc1ccccn1. The summed E-state index contributed by atoms with van der Waals surface area (Å²) >= 11 is 0. The number of methoxy groups -OCH3 is 1. The molecule has 0 saturated heterocycles. The number of anilines is 3. The largest absolute Gasteiger partial charge is 0.495 e. The summed E-state index contributed by atoms with van der Waals surface area (Å²) in [6.45, 7) is 4.57. The molecule has 0 aliphatic rings. The summed E-state index contributed by atoms with van der Waals surface area (Å²) in [6, 6.07) is 29.1. The Balaban J connectivity index is 1.17. The molecule has 0 bridgehead atoms. The molecular weight excluding hydrogens is 564 g/mol. The summed E-state index contributed by atoms with van der Waals surface area (Å²) in [4.78, 5) is 37.8. The van der Waals surface area contributed by atoms with Crippen LogP contribution < -0.4 is 20.3 Å². The van der Waals surface area contributed by atoms with Gasteiger partial charge in [-0.1, -0.05) is 30.3 Å². The average molecular weight is 603 g/mol. The number of ether oxygens (including phenoxy) is 1. The van der Waals surface area contributed by atoms with E-state index in [2.05, 4.69) is 25.5 Å². The van der Waals surface area contributed by atoms with Gasteiger partial charge >= 0.3 is 0 Å². The van der Waals surface area contributed by atoms with E-state index < -0.39 is 0 Å². The maximum Gasteiger partial charge on any atom is 0.243 e. The number of aromatic nitrogens is 2. The van der Waals surface area contributed by atoms with Crippen LogP contribution in [0, 0.1) is 0 Å². The van der Waals surface area contributed by atoms with Crippen molar-refractivity contribution in [3.05, 3.63) is 120 Å². The van der Waals surface area contributed by atoms with E-state index in [9.17, 15) is 9.59 Å². The van der Waals surface area contributed by atoms with Crippen molar-refractivity contribution in [1.82, 2.24) is 14.9 Å². The normalized spacial score (nSPS) is 10.9. The second-order valence-electron chi connectivity index (χ2n) is 10.9. The Morgan fingerprint density at radius 1 is 0.822 bits per heavy atom. The van der Waals surface area contributed by atoms with Crippen molar-refractivity contribution in [2.45, 2.75) is 20.0 Å². The molecule has 0 atom stereocenters. The van der Waals surface area contributed by atoms with Crippen molar-refractivity contribution in [2.24, 2.45) is 0 Å². The zero-order valence-electron chi connectivity index (χ0n) is 25.9. The van der Waals surface area contributed by atoms with Gasteiger partial charge in [-0.25, -0.2) is 0 Å². The van der Waals surface area contributed by atoms with Crippen LogP contribution in [0.1, 0.15) is 28.7 Å². The number of pyridine rings is 2. The summed E-state index contributed by atoms with van der Waals surface area (Å²) in [7, 11) is 3.50. The molecule has 0 unspecified atom stereocenters. The van der Waals surface area contributed by atoms with Crippen LogP contribution in [0.3, 0.4) is 0 Å². The van der Waals surface area contributed by atoms with E-state index in [-0.39, 0.29) is 18.2 Å². The Morgan fingerprint density at radius 2 is 1.51 bits per heavy atom. The maximum absolute atomic E-state index is 12.9. The number of Topliss-reactive ketones (excluding diaryl/α,β-unsaturated/α-hetero) is 1. The fourth-order valence-corrected chi connectivity index (χ4v) is 5.12. The Bertz CT molecular complexity index is 1710. The van der Waals surface area contributed by atoms with Crippen LogP contribution in [0.4, 0.5) is 17.1 Å². The Hall–Kier alpha value is -5.28. The second kappa shape index (κ2) is 14.9. The number of nitrogens with zero attached hydrogens (tertiary/aromatic N) is 4.